The average Bonchev–Trinajstić information content (AvgIpc) is 2.61. The van der Waals surface area contributed by atoms with E-state index in [1.54, 1.807) is 77.0 Å². The van der Waals surface area contributed by atoms with Crippen LogP contribution in [0.4, 0.5) is 0 Å². The van der Waals surface area contributed by atoms with Crippen LogP contribution in [0.25, 0.3) is 0 Å². The molecule has 0 saturated heterocycles. The summed E-state index contributed by atoms with van der Waals surface area (Å²) in [6.45, 7) is 11.1. The molecular weight excluding hydrogens is 322 g/mol. The first-order chi connectivity index (χ1) is 11.5. The Morgan fingerprint density at radius 3 is 1.08 bits per heavy atom. The van der Waals surface area contributed by atoms with E-state index in [0.717, 1.165) is 17.0 Å². The first-order valence-corrected chi connectivity index (χ1v) is 16.9. The van der Waals surface area contributed by atoms with Gasteiger partial charge in [0.15, 0.2) is 0 Å². The second-order valence-corrected chi connectivity index (χ2v) is 20.0. The Labute approximate surface area is 154 Å². The van der Waals surface area contributed by atoms with Crippen molar-refractivity contribution in [3.8, 4) is 0 Å². The zero-order chi connectivity index (χ0) is 17.0. The van der Waals surface area contributed by atoms with Crippen LogP contribution >= 0.6 is 7.14 Å². The predicted octanol–water partition coefficient (Wildman–Crippen LogP) is 7.46. The normalized spacial score (nSPS) is 26.6. The molecule has 138 valence electrons. The molecule has 24 heavy (non-hydrogen) atoms. The lowest BCUT2D eigenvalue weighted by atomic mass is 9.98. The molecule has 3 saturated carbocycles. The maximum Gasteiger partial charge on any atom is 0.0253 e. The molecule has 0 aromatic heterocycles. The highest BCUT2D eigenvalue weighted by Crippen LogP contribution is 2.76. The van der Waals surface area contributed by atoms with Crippen LogP contribution in [-0.4, -0.2) is 31.5 Å². The van der Waals surface area contributed by atoms with E-state index in [-0.39, 0.29) is 0 Å². The zero-order valence-electron chi connectivity index (χ0n) is 16.9. The molecule has 0 aliphatic heterocycles. The van der Waals surface area contributed by atoms with E-state index in [4.69, 9.17) is 0 Å². The fourth-order valence-electron chi connectivity index (χ4n) is 6.47. The standard InChI is InChI=1S/C21H42BPSi/c1-24(2,3)22-23(19-13-7-4-8-14-19,20-15-9-5-10-16-20)21-17-11-6-12-18-21/h19-21H,4-18H2,1-3H3. The largest absolute Gasteiger partial charge is 0.203 e. The molecule has 0 unspecified atom stereocenters. The molecular formula is C21H42BPSi. The Morgan fingerprint density at radius 1 is 0.542 bits per heavy atom. The van der Waals surface area contributed by atoms with Crippen LogP contribution < -0.4 is 0 Å². The van der Waals surface area contributed by atoms with Gasteiger partial charge in [0.05, 0.1) is 0 Å². The van der Waals surface area contributed by atoms with Crippen molar-refractivity contribution < 1.29 is 0 Å². The summed E-state index contributed by atoms with van der Waals surface area (Å²) in [5.74, 6) is 0. The molecule has 0 N–H and O–H groups in total. The summed E-state index contributed by atoms with van der Waals surface area (Å²) in [6, 6.07) is 0. The van der Waals surface area contributed by atoms with Crippen molar-refractivity contribution in [1.29, 1.82) is 0 Å². The third kappa shape index (κ3) is 4.51. The van der Waals surface area contributed by atoms with Gasteiger partial charge < -0.3 is 0 Å². The quantitative estimate of drug-likeness (QED) is 0.351. The molecule has 3 heteroatoms. The van der Waals surface area contributed by atoms with Crippen molar-refractivity contribution in [2.45, 2.75) is 133 Å². The highest BCUT2D eigenvalue weighted by atomic mass is 31.2. The molecule has 0 bridgehead atoms. The van der Waals surface area contributed by atoms with Gasteiger partial charge in [0, 0.05) is 17.0 Å². The fraction of sp³-hybridized carbons (Fsp3) is 1.00. The summed E-state index contributed by atoms with van der Waals surface area (Å²) in [6.07, 6.45) is 23.5. The lowest BCUT2D eigenvalue weighted by molar-refractivity contribution is 0.457. The van der Waals surface area contributed by atoms with Crippen molar-refractivity contribution >= 4 is 21.7 Å². The minimum Gasteiger partial charge on any atom is -0.203 e. The minimum atomic E-state index is -1.12. The molecule has 2 radical (unpaired) electrons. The van der Waals surface area contributed by atoms with Crippen LogP contribution in [0.15, 0.2) is 0 Å². The summed E-state index contributed by atoms with van der Waals surface area (Å²) >= 11 is 0. The van der Waals surface area contributed by atoms with Gasteiger partial charge in [-0.2, -0.15) is 0 Å². The number of rotatable bonds is 5. The third-order valence-corrected chi connectivity index (χ3v) is 17.5. The number of hydrogen-bond donors (Lipinski definition) is 0. The SMILES string of the molecule is C[Si](C)(C)[B-][P+](C1CCCCC1)(C1CCCCC1)C1CCCCC1. The van der Waals surface area contributed by atoms with Crippen molar-refractivity contribution in [2.75, 3.05) is 0 Å². The van der Waals surface area contributed by atoms with Gasteiger partial charge in [0.2, 0.25) is 0 Å². The second kappa shape index (κ2) is 8.60. The molecule has 0 heterocycles. The molecule has 0 amide bonds. The van der Waals surface area contributed by atoms with Gasteiger partial charge in [-0.15, -0.1) is 27.6 Å². The van der Waals surface area contributed by atoms with Crippen molar-refractivity contribution in [3.63, 3.8) is 0 Å². The maximum absolute atomic E-state index is 3.20. The van der Waals surface area contributed by atoms with Crippen LogP contribution in [0.5, 0.6) is 0 Å². The van der Waals surface area contributed by atoms with Crippen LogP contribution in [0.1, 0.15) is 96.3 Å². The molecule has 0 aromatic rings. The van der Waals surface area contributed by atoms with Gasteiger partial charge in [-0.05, 0) is 77.0 Å². The topological polar surface area (TPSA) is 0 Å². The molecule has 0 atom stereocenters. The highest BCUT2D eigenvalue weighted by molar-refractivity contribution is 8.09. The van der Waals surface area contributed by atoms with Crippen LogP contribution in [0.2, 0.25) is 19.6 Å². The molecule has 0 nitrogen and oxygen atoms in total. The van der Waals surface area contributed by atoms with Crippen molar-refractivity contribution in [3.05, 3.63) is 0 Å². The van der Waals surface area contributed by atoms with Gasteiger partial charge in [-0.1, -0.05) is 25.9 Å². The summed E-state index contributed by atoms with van der Waals surface area (Å²) in [5.41, 5.74) is 3.43. The fourth-order valence-corrected chi connectivity index (χ4v) is 19.9. The first-order valence-electron chi connectivity index (χ1n) is 11.3. The first kappa shape index (κ1) is 19.5. The van der Waals surface area contributed by atoms with Gasteiger partial charge in [0.25, 0.3) is 0 Å². The lowest BCUT2D eigenvalue weighted by Gasteiger charge is -2.60. The maximum atomic E-state index is 3.20. The van der Waals surface area contributed by atoms with E-state index in [9.17, 15) is 0 Å². The summed E-state index contributed by atoms with van der Waals surface area (Å²) in [7, 11) is -2.03. The predicted molar refractivity (Wildman–Crippen MR) is 117 cm³/mol. The van der Waals surface area contributed by atoms with Crippen LogP contribution in [0, 0.1) is 0 Å². The van der Waals surface area contributed by atoms with E-state index >= 15 is 0 Å². The lowest BCUT2D eigenvalue weighted by Crippen LogP contribution is -2.46. The van der Waals surface area contributed by atoms with Gasteiger partial charge in [-0.3, -0.25) is 0 Å². The van der Waals surface area contributed by atoms with Gasteiger partial charge >= 0.3 is 0 Å². The van der Waals surface area contributed by atoms with E-state index in [1.165, 1.54) is 19.3 Å². The smallest absolute Gasteiger partial charge is 0.0253 e. The molecule has 3 aliphatic carbocycles. The molecule has 3 aliphatic rings. The Hall–Kier alpha value is 0.712. The average molecular weight is 364 g/mol. The molecule has 3 fully saturated rings. The van der Waals surface area contributed by atoms with Gasteiger partial charge in [0.1, 0.15) is 0 Å². The van der Waals surface area contributed by atoms with Crippen LogP contribution in [-0.2, 0) is 0 Å². The summed E-state index contributed by atoms with van der Waals surface area (Å²) < 4.78 is 0. The molecule has 0 spiro atoms. The van der Waals surface area contributed by atoms with Gasteiger partial charge in [-0.25, -0.2) is 7.14 Å². The molecule has 0 aromatic carbocycles. The number of hydrogen-bond acceptors (Lipinski definition) is 0. The van der Waals surface area contributed by atoms with E-state index < -0.39 is 15.1 Å². The summed E-state index contributed by atoms with van der Waals surface area (Å²) in [4.78, 5) is 0. The highest BCUT2D eigenvalue weighted by Gasteiger charge is 2.49. The monoisotopic (exact) mass is 364 g/mol. The Morgan fingerprint density at radius 2 is 0.833 bits per heavy atom. The second-order valence-electron chi connectivity index (χ2n) is 10.3. The Balaban J connectivity index is 1.95. The van der Waals surface area contributed by atoms with E-state index in [0.29, 0.717) is 0 Å². The van der Waals surface area contributed by atoms with E-state index in [2.05, 4.69) is 26.2 Å². The summed E-state index contributed by atoms with van der Waals surface area (Å²) in [5, 5.41) is 0. The zero-order valence-corrected chi connectivity index (χ0v) is 18.8. The Kier molecular flexibility index (Phi) is 6.98. The van der Waals surface area contributed by atoms with Crippen LogP contribution in [0.3, 0.4) is 0 Å². The third-order valence-electron chi connectivity index (χ3n) is 7.23. The van der Waals surface area contributed by atoms with Crippen molar-refractivity contribution in [2.24, 2.45) is 0 Å². The van der Waals surface area contributed by atoms with Crippen molar-refractivity contribution in [1.82, 2.24) is 0 Å². The molecule has 3 rings (SSSR count). The Bertz CT molecular complexity index is 328. The van der Waals surface area contributed by atoms with E-state index in [1.807, 2.05) is 0 Å². The minimum absolute atomic E-state index is 0.907.